The van der Waals surface area contributed by atoms with Gasteiger partial charge in [-0.3, -0.25) is 4.79 Å². The van der Waals surface area contributed by atoms with Crippen LogP contribution >= 0.6 is 11.3 Å². The molecule has 0 aliphatic carbocycles. The third-order valence-corrected chi connectivity index (χ3v) is 4.88. The fraction of sp³-hybridized carbons (Fsp3) is 0.200. The van der Waals surface area contributed by atoms with Gasteiger partial charge >= 0.3 is 0 Å². The van der Waals surface area contributed by atoms with Crippen molar-refractivity contribution in [2.24, 2.45) is 0 Å². The van der Waals surface area contributed by atoms with Crippen LogP contribution < -0.4 is 4.74 Å². The maximum absolute atomic E-state index is 12.2. The summed E-state index contributed by atoms with van der Waals surface area (Å²) in [5, 5.41) is 0.979. The van der Waals surface area contributed by atoms with Crippen LogP contribution in [0.4, 0.5) is 0 Å². The summed E-state index contributed by atoms with van der Waals surface area (Å²) in [6.07, 6.45) is 1.84. The van der Waals surface area contributed by atoms with Crippen molar-refractivity contribution in [3.05, 3.63) is 71.2 Å². The number of amides is 1. The van der Waals surface area contributed by atoms with Crippen LogP contribution in [0, 0.1) is 0 Å². The van der Waals surface area contributed by atoms with Crippen LogP contribution in [0.5, 0.6) is 5.75 Å². The molecule has 2 aromatic carbocycles. The second kappa shape index (κ2) is 7.94. The Morgan fingerprint density at radius 1 is 1.16 bits per heavy atom. The summed E-state index contributed by atoms with van der Waals surface area (Å²) in [6, 6.07) is 17.4. The molecule has 0 saturated heterocycles. The van der Waals surface area contributed by atoms with E-state index < -0.39 is 0 Å². The average molecular weight is 352 g/mol. The van der Waals surface area contributed by atoms with Crippen LogP contribution in [0.2, 0.25) is 0 Å². The topological polar surface area (TPSA) is 42.4 Å². The number of rotatable bonds is 6. The molecule has 0 bridgehead atoms. The van der Waals surface area contributed by atoms with Crippen molar-refractivity contribution in [2.75, 3.05) is 13.6 Å². The Kier molecular flexibility index (Phi) is 5.46. The minimum Gasteiger partial charge on any atom is -0.488 e. The molecular weight excluding hydrogens is 332 g/mol. The van der Waals surface area contributed by atoms with E-state index in [0.717, 1.165) is 15.4 Å². The molecule has 128 valence electrons. The van der Waals surface area contributed by atoms with Gasteiger partial charge in [0.2, 0.25) is 0 Å². The second-order valence-corrected chi connectivity index (χ2v) is 6.75. The molecule has 0 fully saturated rings. The van der Waals surface area contributed by atoms with Crippen LogP contribution in [0.1, 0.15) is 22.2 Å². The molecule has 0 aliphatic heterocycles. The maximum Gasteiger partial charge on any atom is 0.253 e. The maximum atomic E-state index is 12.2. The predicted molar refractivity (Wildman–Crippen MR) is 101 cm³/mol. The van der Waals surface area contributed by atoms with Crippen molar-refractivity contribution in [3.63, 3.8) is 0 Å². The van der Waals surface area contributed by atoms with Crippen LogP contribution in [0.15, 0.2) is 60.8 Å². The molecule has 0 radical (unpaired) electrons. The van der Waals surface area contributed by atoms with E-state index >= 15 is 0 Å². The summed E-state index contributed by atoms with van der Waals surface area (Å²) < 4.78 is 5.85. The minimum atomic E-state index is -0.00268. The average Bonchev–Trinajstić information content (AvgIpc) is 3.15. The van der Waals surface area contributed by atoms with E-state index in [-0.39, 0.29) is 5.91 Å². The molecule has 0 atom stereocenters. The Morgan fingerprint density at radius 2 is 1.96 bits per heavy atom. The van der Waals surface area contributed by atoms with E-state index in [1.807, 2.05) is 61.7 Å². The molecule has 0 spiro atoms. The first-order valence-corrected chi connectivity index (χ1v) is 8.97. The summed E-state index contributed by atoms with van der Waals surface area (Å²) in [5.74, 6) is 0.683. The number of carbonyl (C=O) groups excluding carboxylic acids is 1. The second-order valence-electron chi connectivity index (χ2n) is 5.63. The zero-order chi connectivity index (χ0) is 17.6. The van der Waals surface area contributed by atoms with Gasteiger partial charge in [0, 0.05) is 30.9 Å². The van der Waals surface area contributed by atoms with E-state index in [9.17, 15) is 4.79 Å². The van der Waals surface area contributed by atoms with Crippen molar-refractivity contribution in [3.8, 4) is 16.3 Å². The van der Waals surface area contributed by atoms with Gasteiger partial charge in [0.25, 0.3) is 5.91 Å². The Bertz CT molecular complexity index is 846. The van der Waals surface area contributed by atoms with E-state index in [4.69, 9.17) is 4.74 Å². The molecule has 3 rings (SSSR count). The van der Waals surface area contributed by atoms with Crippen LogP contribution in [0.25, 0.3) is 10.6 Å². The zero-order valence-electron chi connectivity index (χ0n) is 14.3. The normalized spacial score (nSPS) is 10.5. The lowest BCUT2D eigenvalue weighted by atomic mass is 10.2. The van der Waals surface area contributed by atoms with Crippen molar-refractivity contribution in [2.45, 2.75) is 13.5 Å². The molecule has 1 aromatic heterocycles. The highest BCUT2D eigenvalue weighted by molar-refractivity contribution is 7.15. The number of benzene rings is 2. The smallest absolute Gasteiger partial charge is 0.253 e. The van der Waals surface area contributed by atoms with Gasteiger partial charge in [0.15, 0.2) is 0 Å². The lowest BCUT2D eigenvalue weighted by molar-refractivity contribution is 0.0802. The van der Waals surface area contributed by atoms with Gasteiger partial charge in [-0.05, 0) is 25.1 Å². The zero-order valence-corrected chi connectivity index (χ0v) is 15.1. The molecule has 25 heavy (non-hydrogen) atoms. The van der Waals surface area contributed by atoms with Gasteiger partial charge < -0.3 is 9.64 Å². The van der Waals surface area contributed by atoms with Crippen LogP contribution in [0.3, 0.4) is 0 Å². The molecule has 0 aliphatic rings. The highest BCUT2D eigenvalue weighted by Crippen LogP contribution is 2.26. The number of hydrogen-bond donors (Lipinski definition) is 0. The first kappa shape index (κ1) is 17.2. The van der Waals surface area contributed by atoms with E-state index in [1.165, 1.54) is 0 Å². The fourth-order valence-corrected chi connectivity index (χ4v) is 3.16. The Hall–Kier alpha value is -2.66. The number of thiazole rings is 1. The number of aromatic nitrogens is 1. The van der Waals surface area contributed by atoms with Crippen molar-refractivity contribution in [1.29, 1.82) is 0 Å². The molecule has 0 saturated carbocycles. The summed E-state index contributed by atoms with van der Waals surface area (Å²) >= 11 is 1.61. The lowest BCUT2D eigenvalue weighted by Gasteiger charge is -2.15. The molecule has 4 nitrogen and oxygen atoms in total. The summed E-state index contributed by atoms with van der Waals surface area (Å²) in [4.78, 5) is 19.4. The van der Waals surface area contributed by atoms with Crippen LogP contribution in [-0.4, -0.2) is 29.4 Å². The summed E-state index contributed by atoms with van der Waals surface area (Å²) in [6.45, 7) is 3.06. The first-order chi connectivity index (χ1) is 12.2. The van der Waals surface area contributed by atoms with Crippen LogP contribution in [-0.2, 0) is 6.61 Å². The first-order valence-electron chi connectivity index (χ1n) is 8.16. The number of hydrogen-bond acceptors (Lipinski definition) is 4. The standard InChI is InChI=1S/C20H20N2O2S/c1-3-22(2)20(23)16-10-7-11-17(12-16)24-14-18-13-21-19(25-18)15-8-5-4-6-9-15/h4-13H,3,14H2,1-2H3. The van der Waals surface area contributed by atoms with Gasteiger partial charge in [0.05, 0.1) is 4.88 Å². The van der Waals surface area contributed by atoms with Gasteiger partial charge in [-0.1, -0.05) is 36.4 Å². The van der Waals surface area contributed by atoms with Gasteiger partial charge in [-0.15, -0.1) is 11.3 Å². The minimum absolute atomic E-state index is 0.00268. The number of ether oxygens (including phenoxy) is 1. The third kappa shape index (κ3) is 4.25. The summed E-state index contributed by atoms with van der Waals surface area (Å²) in [5.41, 5.74) is 1.74. The molecule has 1 heterocycles. The third-order valence-electron chi connectivity index (χ3n) is 3.86. The van der Waals surface area contributed by atoms with Crippen molar-refractivity contribution < 1.29 is 9.53 Å². The summed E-state index contributed by atoms with van der Waals surface area (Å²) in [7, 11) is 1.79. The van der Waals surface area contributed by atoms with Crippen molar-refractivity contribution >= 4 is 17.2 Å². The van der Waals surface area contributed by atoms with Gasteiger partial charge in [0.1, 0.15) is 17.4 Å². The Labute approximate surface area is 151 Å². The molecule has 3 aromatic rings. The highest BCUT2D eigenvalue weighted by Gasteiger charge is 2.11. The number of carbonyl (C=O) groups is 1. The molecule has 5 heteroatoms. The molecule has 0 N–H and O–H groups in total. The predicted octanol–water partition coefficient (Wildman–Crippen LogP) is 4.48. The van der Waals surface area contributed by atoms with Gasteiger partial charge in [-0.25, -0.2) is 4.98 Å². The molecule has 1 amide bonds. The molecular formula is C20H20N2O2S. The fourth-order valence-electron chi connectivity index (χ4n) is 2.33. The largest absolute Gasteiger partial charge is 0.488 e. The van der Waals surface area contributed by atoms with Gasteiger partial charge in [-0.2, -0.15) is 0 Å². The molecule has 0 unspecified atom stereocenters. The lowest BCUT2D eigenvalue weighted by Crippen LogP contribution is -2.26. The monoisotopic (exact) mass is 352 g/mol. The Morgan fingerprint density at radius 3 is 2.72 bits per heavy atom. The highest BCUT2D eigenvalue weighted by atomic mass is 32.1. The van der Waals surface area contributed by atoms with Crippen molar-refractivity contribution in [1.82, 2.24) is 9.88 Å². The SMILES string of the molecule is CCN(C)C(=O)c1cccc(OCc2cnc(-c3ccccc3)s2)c1. The quantitative estimate of drug-likeness (QED) is 0.657. The Balaban J connectivity index is 1.66. The van der Waals surface area contributed by atoms with E-state index in [1.54, 1.807) is 29.4 Å². The van der Waals surface area contributed by atoms with E-state index in [0.29, 0.717) is 24.5 Å². The number of nitrogens with zero attached hydrogens (tertiary/aromatic N) is 2. The van der Waals surface area contributed by atoms with E-state index in [2.05, 4.69) is 4.98 Å².